The number of benzene rings is 1. The smallest absolute Gasteiger partial charge is 0.308 e. The van der Waals surface area contributed by atoms with Crippen LogP contribution in [0.3, 0.4) is 0 Å². The van der Waals surface area contributed by atoms with E-state index in [0.29, 0.717) is 22.3 Å². The van der Waals surface area contributed by atoms with Crippen molar-refractivity contribution in [3.63, 3.8) is 0 Å². The number of aromatic nitrogens is 2. The van der Waals surface area contributed by atoms with Gasteiger partial charge < -0.3 is 10.1 Å². The summed E-state index contributed by atoms with van der Waals surface area (Å²) in [6, 6.07) is 10.6. The van der Waals surface area contributed by atoms with Crippen LogP contribution in [0.4, 0.5) is 5.69 Å². The quantitative estimate of drug-likeness (QED) is 0.612. The lowest BCUT2D eigenvalue weighted by Gasteiger charge is -2.08. The van der Waals surface area contributed by atoms with Gasteiger partial charge in [0.25, 0.3) is 11.5 Å². The number of nitrogens with zero attached hydrogens (tertiary/aromatic N) is 3. The lowest BCUT2D eigenvalue weighted by molar-refractivity contribution is -0.147. The van der Waals surface area contributed by atoms with Gasteiger partial charge in [0.1, 0.15) is 4.83 Å². The minimum absolute atomic E-state index is 0.0482. The third-order valence-electron chi connectivity index (χ3n) is 3.89. The van der Waals surface area contributed by atoms with E-state index >= 15 is 0 Å². The van der Waals surface area contributed by atoms with Gasteiger partial charge in [0.05, 0.1) is 30.6 Å². The molecule has 0 saturated heterocycles. The molecule has 2 heterocycles. The molecular weight excluding hydrogens is 380 g/mol. The molecule has 0 aliphatic rings. The van der Waals surface area contributed by atoms with Crippen molar-refractivity contribution in [3.05, 3.63) is 58.0 Å². The van der Waals surface area contributed by atoms with Crippen LogP contribution in [-0.2, 0) is 27.3 Å². The number of esters is 1. The van der Waals surface area contributed by atoms with Crippen molar-refractivity contribution >= 4 is 39.1 Å². The molecule has 0 saturated carbocycles. The van der Waals surface area contributed by atoms with Gasteiger partial charge in [-0.15, -0.1) is 11.3 Å². The predicted octanol–water partition coefficient (Wildman–Crippen LogP) is 2.10. The van der Waals surface area contributed by atoms with E-state index in [9.17, 15) is 14.4 Å². The van der Waals surface area contributed by atoms with E-state index in [1.807, 2.05) is 6.07 Å². The number of nitriles is 1. The molecule has 1 aromatic carbocycles. The maximum absolute atomic E-state index is 12.2. The van der Waals surface area contributed by atoms with Gasteiger partial charge in [-0.05, 0) is 29.1 Å². The van der Waals surface area contributed by atoms with Gasteiger partial charge in [-0.25, -0.2) is 4.98 Å². The summed E-state index contributed by atoms with van der Waals surface area (Å²) in [5.74, 6) is -1.06. The molecule has 0 aliphatic carbocycles. The van der Waals surface area contributed by atoms with Crippen LogP contribution in [0.2, 0.25) is 0 Å². The van der Waals surface area contributed by atoms with Crippen molar-refractivity contribution < 1.29 is 14.3 Å². The van der Waals surface area contributed by atoms with Crippen LogP contribution < -0.4 is 10.9 Å². The summed E-state index contributed by atoms with van der Waals surface area (Å²) in [7, 11) is 0. The highest BCUT2D eigenvalue weighted by Crippen LogP contribution is 2.13. The number of fused-ring (bicyclic) bond motifs is 1. The van der Waals surface area contributed by atoms with Crippen LogP contribution in [0, 0.1) is 11.3 Å². The Labute approximate surface area is 164 Å². The number of rotatable bonds is 7. The standard InChI is InChI=1S/C19H16N4O4S/c20-8-5-13-1-3-14(4-2-13)22-16(24)11-27-17(25)6-9-23-12-21-18-15(19(23)26)7-10-28-18/h1-4,7,10,12H,5-6,9,11H2,(H,22,24). The number of aryl methyl sites for hydroxylation is 1. The average molecular weight is 396 g/mol. The number of hydrogen-bond donors (Lipinski definition) is 1. The highest BCUT2D eigenvalue weighted by molar-refractivity contribution is 7.16. The van der Waals surface area contributed by atoms with Crippen LogP contribution >= 0.6 is 11.3 Å². The number of thiophene rings is 1. The first kappa shape index (κ1) is 19.3. The fourth-order valence-electron chi connectivity index (χ4n) is 2.48. The van der Waals surface area contributed by atoms with Crippen LogP contribution in [0.25, 0.3) is 10.2 Å². The summed E-state index contributed by atoms with van der Waals surface area (Å²) < 4.78 is 6.29. The summed E-state index contributed by atoms with van der Waals surface area (Å²) >= 11 is 1.37. The SMILES string of the molecule is N#CCc1ccc(NC(=O)COC(=O)CCn2cnc3sccc3c2=O)cc1. The summed E-state index contributed by atoms with van der Waals surface area (Å²) in [6.45, 7) is -0.298. The monoisotopic (exact) mass is 396 g/mol. The molecular formula is C19H16N4O4S. The van der Waals surface area contributed by atoms with Crippen molar-refractivity contribution in [3.8, 4) is 6.07 Å². The second-order valence-electron chi connectivity index (χ2n) is 5.87. The van der Waals surface area contributed by atoms with Gasteiger partial charge in [0.2, 0.25) is 0 Å². The molecule has 2 aromatic heterocycles. The maximum atomic E-state index is 12.2. The normalized spacial score (nSPS) is 10.4. The molecule has 8 nitrogen and oxygen atoms in total. The lowest BCUT2D eigenvalue weighted by Crippen LogP contribution is -2.24. The number of anilines is 1. The second kappa shape index (κ2) is 8.92. The third-order valence-corrected chi connectivity index (χ3v) is 4.71. The van der Waals surface area contributed by atoms with Crippen molar-refractivity contribution in [1.29, 1.82) is 5.26 Å². The molecule has 1 amide bonds. The van der Waals surface area contributed by atoms with Crippen molar-refractivity contribution in [2.75, 3.05) is 11.9 Å². The van der Waals surface area contributed by atoms with E-state index in [1.54, 1.807) is 35.7 Å². The van der Waals surface area contributed by atoms with Crippen LogP contribution in [0.1, 0.15) is 12.0 Å². The molecule has 0 aliphatic heterocycles. The molecule has 28 heavy (non-hydrogen) atoms. The van der Waals surface area contributed by atoms with Crippen molar-refractivity contribution in [1.82, 2.24) is 9.55 Å². The number of amides is 1. The Morgan fingerprint density at radius 3 is 2.79 bits per heavy atom. The molecule has 0 fully saturated rings. The zero-order valence-corrected chi connectivity index (χ0v) is 15.6. The number of carbonyl (C=O) groups is 2. The van der Waals surface area contributed by atoms with E-state index < -0.39 is 18.5 Å². The van der Waals surface area contributed by atoms with Gasteiger partial charge >= 0.3 is 5.97 Å². The van der Waals surface area contributed by atoms with E-state index in [0.717, 1.165) is 5.56 Å². The van der Waals surface area contributed by atoms with Crippen LogP contribution in [0.5, 0.6) is 0 Å². The fourth-order valence-corrected chi connectivity index (χ4v) is 3.20. The zero-order chi connectivity index (χ0) is 19.9. The summed E-state index contributed by atoms with van der Waals surface area (Å²) in [5.41, 5.74) is 1.18. The highest BCUT2D eigenvalue weighted by atomic mass is 32.1. The molecule has 0 radical (unpaired) electrons. The number of nitrogens with one attached hydrogen (secondary N) is 1. The Morgan fingerprint density at radius 2 is 2.04 bits per heavy atom. The molecule has 0 spiro atoms. The molecule has 3 aromatic rings. The van der Waals surface area contributed by atoms with Gasteiger partial charge in [-0.1, -0.05) is 12.1 Å². The number of ether oxygens (including phenoxy) is 1. The Kier molecular flexibility index (Phi) is 6.14. The molecule has 142 valence electrons. The van der Waals surface area contributed by atoms with Crippen LogP contribution in [0.15, 0.2) is 46.8 Å². The van der Waals surface area contributed by atoms with Crippen molar-refractivity contribution in [2.45, 2.75) is 19.4 Å². The molecule has 0 bridgehead atoms. The molecule has 9 heteroatoms. The molecule has 0 atom stereocenters. The van der Waals surface area contributed by atoms with Gasteiger partial charge in [0.15, 0.2) is 6.61 Å². The Bertz CT molecular complexity index is 1100. The number of hydrogen-bond acceptors (Lipinski definition) is 7. The Morgan fingerprint density at radius 1 is 1.25 bits per heavy atom. The first-order valence-corrected chi connectivity index (χ1v) is 9.29. The first-order chi connectivity index (χ1) is 13.6. The Hall–Kier alpha value is -3.51. The van der Waals surface area contributed by atoms with Crippen LogP contribution in [-0.4, -0.2) is 28.0 Å². The van der Waals surface area contributed by atoms with Gasteiger partial charge in [-0.3, -0.25) is 19.0 Å². The second-order valence-corrected chi connectivity index (χ2v) is 6.77. The summed E-state index contributed by atoms with van der Waals surface area (Å²) in [5, 5.41) is 13.5. The lowest BCUT2D eigenvalue weighted by atomic mass is 10.1. The molecule has 0 unspecified atom stereocenters. The van der Waals surface area contributed by atoms with E-state index in [4.69, 9.17) is 10.00 Å². The van der Waals surface area contributed by atoms with Gasteiger partial charge in [0, 0.05) is 12.2 Å². The summed E-state index contributed by atoms with van der Waals surface area (Å²) in [4.78, 5) is 40.8. The van der Waals surface area contributed by atoms with E-state index in [2.05, 4.69) is 10.3 Å². The predicted molar refractivity (Wildman–Crippen MR) is 104 cm³/mol. The van der Waals surface area contributed by atoms with Crippen molar-refractivity contribution in [2.24, 2.45) is 0 Å². The van der Waals surface area contributed by atoms with E-state index in [-0.39, 0.29) is 18.5 Å². The minimum atomic E-state index is -0.586. The fraction of sp³-hybridized carbons (Fsp3) is 0.211. The third kappa shape index (κ3) is 4.81. The highest BCUT2D eigenvalue weighted by Gasteiger charge is 2.10. The summed E-state index contributed by atoms with van der Waals surface area (Å²) in [6.07, 6.45) is 1.65. The van der Waals surface area contributed by atoms with Gasteiger partial charge in [-0.2, -0.15) is 5.26 Å². The Balaban J connectivity index is 1.45. The molecule has 1 N–H and O–H groups in total. The largest absolute Gasteiger partial charge is 0.456 e. The van der Waals surface area contributed by atoms with E-state index in [1.165, 1.54) is 22.2 Å². The minimum Gasteiger partial charge on any atom is -0.456 e. The average Bonchev–Trinajstić information content (AvgIpc) is 3.17. The zero-order valence-electron chi connectivity index (χ0n) is 14.8. The number of carbonyl (C=O) groups excluding carboxylic acids is 2. The maximum Gasteiger partial charge on any atom is 0.308 e. The molecule has 3 rings (SSSR count). The topological polar surface area (TPSA) is 114 Å². The first-order valence-electron chi connectivity index (χ1n) is 8.41.